The van der Waals surface area contributed by atoms with Crippen molar-refractivity contribution in [2.75, 3.05) is 18.2 Å². The topological polar surface area (TPSA) is 96.3 Å². The first-order valence-electron chi connectivity index (χ1n) is 5.67. The van der Waals surface area contributed by atoms with E-state index >= 15 is 0 Å². The molecule has 7 nitrogen and oxygen atoms in total. The average molecular weight is 287 g/mol. The molecule has 0 radical (unpaired) electrons. The highest BCUT2D eigenvalue weighted by Gasteiger charge is 2.28. The highest BCUT2D eigenvalue weighted by molar-refractivity contribution is 7.46. The largest absolute Gasteiger partial charge is 0.482 e. The van der Waals surface area contributed by atoms with Crippen molar-refractivity contribution in [3.05, 3.63) is 23.8 Å². The first-order valence-corrected chi connectivity index (χ1v) is 7.20. The van der Waals surface area contributed by atoms with E-state index in [1.165, 1.54) is 0 Å². The van der Waals surface area contributed by atoms with E-state index in [0.29, 0.717) is 11.4 Å². The van der Waals surface area contributed by atoms with Gasteiger partial charge < -0.3 is 14.5 Å². The van der Waals surface area contributed by atoms with Crippen LogP contribution in [0.25, 0.3) is 0 Å². The highest BCUT2D eigenvalue weighted by atomic mass is 31.2. The van der Waals surface area contributed by atoms with Crippen LogP contribution in [-0.2, 0) is 20.3 Å². The first kappa shape index (κ1) is 14.0. The number of phosphoric ester groups is 1. The van der Waals surface area contributed by atoms with Gasteiger partial charge in [0, 0.05) is 0 Å². The molecule has 0 saturated heterocycles. The van der Waals surface area contributed by atoms with E-state index in [4.69, 9.17) is 14.5 Å². The van der Waals surface area contributed by atoms with Crippen LogP contribution in [0.4, 0.5) is 5.69 Å². The lowest BCUT2D eigenvalue weighted by atomic mass is 10.1. The standard InChI is InChI=1S/C11H14NO6P/c1-2-8-3-4-10-9(5-8)12(11(13)6-17-10)7-18-19(14,15)16/h3-5H,2,6-7H2,1H3,(H2,14,15,16). The minimum atomic E-state index is -4.62. The number of amides is 1. The Kier molecular flexibility index (Phi) is 3.91. The van der Waals surface area contributed by atoms with Crippen molar-refractivity contribution in [1.29, 1.82) is 0 Å². The Morgan fingerprint density at radius 2 is 2.21 bits per heavy atom. The van der Waals surface area contributed by atoms with Crippen LogP contribution >= 0.6 is 7.82 Å². The van der Waals surface area contributed by atoms with Crippen molar-refractivity contribution < 1.29 is 28.4 Å². The van der Waals surface area contributed by atoms with Crippen LogP contribution in [0.15, 0.2) is 18.2 Å². The molecule has 1 heterocycles. The Bertz CT molecular complexity index is 540. The molecule has 0 atom stereocenters. The van der Waals surface area contributed by atoms with Gasteiger partial charge in [0.05, 0.1) is 5.69 Å². The molecule has 0 fully saturated rings. The van der Waals surface area contributed by atoms with Gasteiger partial charge in [-0.25, -0.2) is 4.57 Å². The molecule has 0 aliphatic carbocycles. The Hall–Kier alpha value is -1.40. The van der Waals surface area contributed by atoms with Crippen molar-refractivity contribution in [3.63, 3.8) is 0 Å². The van der Waals surface area contributed by atoms with E-state index in [0.717, 1.165) is 16.9 Å². The number of carbonyl (C=O) groups is 1. The van der Waals surface area contributed by atoms with Gasteiger partial charge in [0.15, 0.2) is 6.61 Å². The van der Waals surface area contributed by atoms with Gasteiger partial charge in [-0.2, -0.15) is 0 Å². The van der Waals surface area contributed by atoms with E-state index in [2.05, 4.69) is 4.52 Å². The molecule has 1 aliphatic heterocycles. The lowest BCUT2D eigenvalue weighted by Crippen LogP contribution is -2.40. The van der Waals surface area contributed by atoms with Crippen molar-refractivity contribution in [3.8, 4) is 5.75 Å². The first-order chi connectivity index (χ1) is 8.90. The van der Waals surface area contributed by atoms with Crippen molar-refractivity contribution in [2.24, 2.45) is 0 Å². The molecular formula is C11H14NO6P. The van der Waals surface area contributed by atoms with Crippen LogP contribution in [0.3, 0.4) is 0 Å². The molecule has 1 aromatic carbocycles. The Balaban J connectivity index is 2.28. The monoisotopic (exact) mass is 287 g/mol. The molecule has 0 aromatic heterocycles. The molecule has 104 valence electrons. The third-order valence-corrected chi connectivity index (χ3v) is 3.18. The summed E-state index contributed by atoms with van der Waals surface area (Å²) in [5, 5.41) is 0. The number of phosphoric acid groups is 1. The van der Waals surface area contributed by atoms with Gasteiger partial charge >= 0.3 is 7.82 Å². The molecule has 19 heavy (non-hydrogen) atoms. The fourth-order valence-corrected chi connectivity index (χ4v) is 2.01. The Morgan fingerprint density at radius 3 is 2.84 bits per heavy atom. The quantitative estimate of drug-likeness (QED) is 0.803. The second kappa shape index (κ2) is 5.30. The zero-order valence-electron chi connectivity index (χ0n) is 10.3. The van der Waals surface area contributed by atoms with Crippen molar-refractivity contribution >= 4 is 19.4 Å². The van der Waals surface area contributed by atoms with E-state index in [1.54, 1.807) is 12.1 Å². The van der Waals surface area contributed by atoms with Crippen LogP contribution in [0.2, 0.25) is 0 Å². The molecular weight excluding hydrogens is 273 g/mol. The highest BCUT2D eigenvalue weighted by Crippen LogP contribution is 2.38. The summed E-state index contributed by atoms with van der Waals surface area (Å²) in [5.41, 5.74) is 1.45. The molecule has 0 saturated carbocycles. The fraction of sp³-hybridized carbons (Fsp3) is 0.364. The molecule has 0 bridgehead atoms. The lowest BCUT2D eigenvalue weighted by Gasteiger charge is -2.29. The van der Waals surface area contributed by atoms with Crippen LogP contribution < -0.4 is 9.64 Å². The van der Waals surface area contributed by atoms with Gasteiger partial charge in [-0.1, -0.05) is 13.0 Å². The summed E-state index contributed by atoms with van der Waals surface area (Å²) < 4.78 is 20.4. The SMILES string of the molecule is CCc1ccc2c(c1)N(COP(=O)(O)O)C(=O)CO2. The van der Waals surface area contributed by atoms with Gasteiger partial charge in [-0.15, -0.1) is 0 Å². The number of benzene rings is 1. The van der Waals surface area contributed by atoms with Gasteiger partial charge in [0.25, 0.3) is 5.91 Å². The summed E-state index contributed by atoms with van der Waals surface area (Å²) in [6.07, 6.45) is 0.772. The van der Waals surface area contributed by atoms with Crippen LogP contribution in [-0.4, -0.2) is 29.0 Å². The predicted octanol–water partition coefficient (Wildman–Crippen LogP) is 1.04. The summed E-state index contributed by atoms with van der Waals surface area (Å²) in [6, 6.07) is 5.34. The smallest absolute Gasteiger partial charge is 0.471 e. The number of hydrogen-bond donors (Lipinski definition) is 2. The molecule has 8 heteroatoms. The number of carbonyl (C=O) groups excluding carboxylic acids is 1. The minimum absolute atomic E-state index is 0.178. The third-order valence-electron chi connectivity index (χ3n) is 2.73. The minimum Gasteiger partial charge on any atom is -0.482 e. The number of rotatable bonds is 4. The van der Waals surface area contributed by atoms with Crippen LogP contribution in [0.5, 0.6) is 5.75 Å². The van der Waals surface area contributed by atoms with Crippen molar-refractivity contribution in [2.45, 2.75) is 13.3 Å². The second-order valence-electron chi connectivity index (χ2n) is 4.01. The zero-order chi connectivity index (χ0) is 14.0. The molecule has 2 rings (SSSR count). The summed E-state index contributed by atoms with van der Waals surface area (Å²) in [6.45, 7) is 1.28. The van der Waals surface area contributed by atoms with Gasteiger partial charge in [0.1, 0.15) is 12.5 Å². The fourth-order valence-electron chi connectivity index (χ4n) is 1.74. The third kappa shape index (κ3) is 3.33. The lowest BCUT2D eigenvalue weighted by molar-refractivity contribution is -0.122. The van der Waals surface area contributed by atoms with Crippen LogP contribution in [0.1, 0.15) is 12.5 Å². The number of anilines is 1. The molecule has 0 unspecified atom stereocenters. The predicted molar refractivity (Wildman–Crippen MR) is 66.8 cm³/mol. The number of ether oxygens (including phenoxy) is 1. The Morgan fingerprint density at radius 1 is 1.47 bits per heavy atom. The summed E-state index contributed by atoms with van der Waals surface area (Å²) in [5.74, 6) is 0.0836. The Labute approximate surface area is 110 Å². The molecule has 0 spiro atoms. The molecule has 2 N–H and O–H groups in total. The van der Waals surface area contributed by atoms with Gasteiger partial charge in [-0.3, -0.25) is 14.2 Å². The van der Waals surface area contributed by atoms with E-state index in [1.807, 2.05) is 13.0 Å². The van der Waals surface area contributed by atoms with E-state index in [-0.39, 0.29) is 6.61 Å². The van der Waals surface area contributed by atoms with Crippen molar-refractivity contribution in [1.82, 2.24) is 0 Å². The maximum atomic E-state index is 11.7. The normalized spacial score (nSPS) is 15.1. The summed E-state index contributed by atoms with van der Waals surface area (Å²) in [4.78, 5) is 30.3. The molecule has 1 aromatic rings. The van der Waals surface area contributed by atoms with E-state index in [9.17, 15) is 9.36 Å². The zero-order valence-corrected chi connectivity index (χ0v) is 11.2. The average Bonchev–Trinajstić information content (AvgIpc) is 2.35. The second-order valence-corrected chi connectivity index (χ2v) is 5.25. The van der Waals surface area contributed by atoms with E-state index < -0.39 is 20.5 Å². The number of hydrogen-bond acceptors (Lipinski definition) is 4. The number of nitrogens with zero attached hydrogens (tertiary/aromatic N) is 1. The number of fused-ring (bicyclic) bond motifs is 1. The maximum Gasteiger partial charge on any atom is 0.471 e. The summed E-state index contributed by atoms with van der Waals surface area (Å²) >= 11 is 0. The van der Waals surface area contributed by atoms with Gasteiger partial charge in [0.2, 0.25) is 0 Å². The van der Waals surface area contributed by atoms with Gasteiger partial charge in [-0.05, 0) is 24.1 Å². The van der Waals surface area contributed by atoms with Crippen LogP contribution in [0, 0.1) is 0 Å². The number of aryl methyl sites for hydroxylation is 1. The maximum absolute atomic E-state index is 11.7. The molecule has 1 amide bonds. The summed E-state index contributed by atoms with van der Waals surface area (Å²) in [7, 11) is -4.62. The molecule has 1 aliphatic rings.